The van der Waals surface area contributed by atoms with E-state index in [1.54, 1.807) is 4.90 Å². The van der Waals surface area contributed by atoms with Crippen molar-refractivity contribution in [3.63, 3.8) is 0 Å². The first-order chi connectivity index (χ1) is 9.33. The van der Waals surface area contributed by atoms with Gasteiger partial charge in [-0.25, -0.2) is 4.79 Å². The summed E-state index contributed by atoms with van der Waals surface area (Å²) in [5, 5.41) is 9.54. The van der Waals surface area contributed by atoms with E-state index in [4.69, 9.17) is 0 Å². The molecular formula is C16H27NO3. The van der Waals surface area contributed by atoms with Gasteiger partial charge in [0, 0.05) is 12.5 Å². The average Bonchev–Trinajstić information content (AvgIpc) is 2.36. The number of carbonyl (C=O) groups excluding carboxylic acids is 1. The van der Waals surface area contributed by atoms with Crippen molar-refractivity contribution in [2.24, 2.45) is 17.3 Å². The Hall–Kier alpha value is -1.06. The van der Waals surface area contributed by atoms with Gasteiger partial charge in [-0.1, -0.05) is 20.8 Å². The molecule has 1 saturated heterocycles. The SMILES string of the molecule is CC1CCC(C(=O)N2CCCC(C)(C)C2C(=O)O)CC1. The highest BCUT2D eigenvalue weighted by atomic mass is 16.4. The minimum Gasteiger partial charge on any atom is -0.480 e. The maximum atomic E-state index is 12.7. The van der Waals surface area contributed by atoms with Crippen LogP contribution in [0.5, 0.6) is 0 Å². The Morgan fingerprint density at radius 1 is 1.15 bits per heavy atom. The minimum atomic E-state index is -0.854. The second-order valence-corrected chi connectivity index (χ2v) is 7.32. The van der Waals surface area contributed by atoms with Gasteiger partial charge >= 0.3 is 5.97 Å². The number of nitrogens with zero attached hydrogens (tertiary/aromatic N) is 1. The van der Waals surface area contributed by atoms with Gasteiger partial charge in [-0.2, -0.15) is 0 Å². The number of aliphatic carboxylic acids is 1. The zero-order valence-corrected chi connectivity index (χ0v) is 12.9. The molecule has 2 fully saturated rings. The number of carboxylic acids is 1. The van der Waals surface area contributed by atoms with Crippen LogP contribution in [0.2, 0.25) is 0 Å². The molecule has 2 aliphatic rings. The summed E-state index contributed by atoms with van der Waals surface area (Å²) in [6.45, 7) is 6.76. The van der Waals surface area contributed by atoms with Crippen molar-refractivity contribution in [1.29, 1.82) is 0 Å². The lowest BCUT2D eigenvalue weighted by atomic mass is 9.75. The van der Waals surface area contributed by atoms with Gasteiger partial charge in [-0.3, -0.25) is 4.79 Å². The van der Waals surface area contributed by atoms with Gasteiger partial charge in [-0.05, 0) is 49.9 Å². The van der Waals surface area contributed by atoms with E-state index in [-0.39, 0.29) is 17.2 Å². The van der Waals surface area contributed by atoms with Gasteiger partial charge < -0.3 is 10.0 Å². The fourth-order valence-corrected chi connectivity index (χ4v) is 3.84. The molecule has 1 atom stereocenters. The van der Waals surface area contributed by atoms with Crippen molar-refractivity contribution >= 4 is 11.9 Å². The molecule has 1 saturated carbocycles. The lowest BCUT2D eigenvalue weighted by Crippen LogP contribution is -2.57. The Morgan fingerprint density at radius 2 is 1.75 bits per heavy atom. The van der Waals surface area contributed by atoms with Crippen LogP contribution >= 0.6 is 0 Å². The first kappa shape index (κ1) is 15.3. The Kier molecular flexibility index (Phi) is 4.40. The number of amides is 1. The van der Waals surface area contributed by atoms with Crippen LogP contribution in [0.4, 0.5) is 0 Å². The largest absolute Gasteiger partial charge is 0.480 e. The zero-order valence-electron chi connectivity index (χ0n) is 12.9. The third-order valence-electron chi connectivity index (χ3n) is 5.15. The third-order valence-corrected chi connectivity index (χ3v) is 5.15. The zero-order chi connectivity index (χ0) is 14.9. The molecule has 0 aromatic rings. The van der Waals surface area contributed by atoms with Gasteiger partial charge in [-0.15, -0.1) is 0 Å². The van der Waals surface area contributed by atoms with Crippen LogP contribution in [-0.4, -0.2) is 34.5 Å². The number of carboxylic acid groups (broad SMARTS) is 1. The van der Waals surface area contributed by atoms with Crippen LogP contribution in [-0.2, 0) is 9.59 Å². The van der Waals surface area contributed by atoms with Gasteiger partial charge in [0.2, 0.25) is 5.91 Å². The molecule has 0 aromatic heterocycles. The van der Waals surface area contributed by atoms with E-state index in [0.717, 1.165) is 38.5 Å². The molecule has 4 nitrogen and oxygen atoms in total. The highest BCUT2D eigenvalue weighted by molar-refractivity contribution is 5.86. The van der Waals surface area contributed by atoms with E-state index in [9.17, 15) is 14.7 Å². The van der Waals surface area contributed by atoms with Gasteiger partial charge in [0.1, 0.15) is 6.04 Å². The molecule has 0 aromatic carbocycles. The topological polar surface area (TPSA) is 57.6 Å². The molecular weight excluding hydrogens is 254 g/mol. The smallest absolute Gasteiger partial charge is 0.326 e. The standard InChI is InChI=1S/C16H27NO3/c1-11-5-7-12(8-6-11)14(18)17-10-4-9-16(2,3)13(17)15(19)20/h11-13H,4-10H2,1-3H3,(H,19,20). The maximum absolute atomic E-state index is 12.7. The molecule has 0 bridgehead atoms. The molecule has 1 unspecified atom stereocenters. The Labute approximate surface area is 121 Å². The van der Waals surface area contributed by atoms with Crippen molar-refractivity contribution in [3.05, 3.63) is 0 Å². The summed E-state index contributed by atoms with van der Waals surface area (Å²) in [6.07, 6.45) is 5.80. The summed E-state index contributed by atoms with van der Waals surface area (Å²) in [6, 6.07) is -0.664. The van der Waals surface area contributed by atoms with Crippen LogP contribution in [0.1, 0.15) is 59.3 Å². The van der Waals surface area contributed by atoms with Crippen molar-refractivity contribution < 1.29 is 14.7 Å². The first-order valence-electron chi connectivity index (χ1n) is 7.86. The van der Waals surface area contributed by atoms with E-state index in [1.165, 1.54) is 0 Å². The van der Waals surface area contributed by atoms with E-state index >= 15 is 0 Å². The summed E-state index contributed by atoms with van der Waals surface area (Å²) in [5.74, 6) is -0.0293. The second kappa shape index (κ2) is 5.74. The van der Waals surface area contributed by atoms with Crippen LogP contribution in [0.15, 0.2) is 0 Å². The van der Waals surface area contributed by atoms with Crippen LogP contribution in [0.25, 0.3) is 0 Å². The van der Waals surface area contributed by atoms with Crippen LogP contribution in [0, 0.1) is 17.3 Å². The average molecular weight is 281 g/mol. The molecule has 1 aliphatic heterocycles. The Morgan fingerprint density at radius 3 is 2.30 bits per heavy atom. The predicted molar refractivity (Wildman–Crippen MR) is 77.3 cm³/mol. The van der Waals surface area contributed by atoms with Crippen LogP contribution in [0.3, 0.4) is 0 Å². The first-order valence-corrected chi connectivity index (χ1v) is 7.86. The number of hydrogen-bond acceptors (Lipinski definition) is 2. The number of hydrogen-bond donors (Lipinski definition) is 1. The summed E-state index contributed by atoms with van der Waals surface area (Å²) in [5.41, 5.74) is -0.332. The summed E-state index contributed by atoms with van der Waals surface area (Å²) in [7, 11) is 0. The summed E-state index contributed by atoms with van der Waals surface area (Å²) in [4.78, 5) is 26.0. The van der Waals surface area contributed by atoms with E-state index in [1.807, 2.05) is 13.8 Å². The molecule has 114 valence electrons. The molecule has 2 rings (SSSR count). The minimum absolute atomic E-state index is 0.0435. The normalized spacial score (nSPS) is 33.8. The van der Waals surface area contributed by atoms with E-state index in [2.05, 4.69) is 6.92 Å². The number of piperidine rings is 1. The highest BCUT2D eigenvalue weighted by Gasteiger charge is 2.45. The quantitative estimate of drug-likeness (QED) is 0.846. The van der Waals surface area contributed by atoms with E-state index < -0.39 is 12.0 Å². The Bertz CT molecular complexity index is 383. The molecule has 20 heavy (non-hydrogen) atoms. The molecule has 1 N–H and O–H groups in total. The van der Waals surface area contributed by atoms with E-state index in [0.29, 0.717) is 12.5 Å². The van der Waals surface area contributed by atoms with Gasteiger partial charge in [0.25, 0.3) is 0 Å². The Balaban J connectivity index is 2.12. The van der Waals surface area contributed by atoms with Crippen molar-refractivity contribution in [2.45, 2.75) is 65.3 Å². The summed E-state index contributed by atoms with van der Waals surface area (Å²) >= 11 is 0. The van der Waals surface area contributed by atoms with Crippen molar-refractivity contribution in [2.75, 3.05) is 6.54 Å². The fourth-order valence-electron chi connectivity index (χ4n) is 3.84. The summed E-state index contributed by atoms with van der Waals surface area (Å²) < 4.78 is 0. The highest BCUT2D eigenvalue weighted by Crippen LogP contribution is 2.38. The van der Waals surface area contributed by atoms with Crippen LogP contribution < -0.4 is 0 Å². The maximum Gasteiger partial charge on any atom is 0.326 e. The molecule has 4 heteroatoms. The number of likely N-dealkylation sites (tertiary alicyclic amines) is 1. The fraction of sp³-hybridized carbons (Fsp3) is 0.875. The molecule has 1 aliphatic carbocycles. The van der Waals surface area contributed by atoms with Gasteiger partial charge in [0.05, 0.1) is 0 Å². The second-order valence-electron chi connectivity index (χ2n) is 7.32. The lowest BCUT2D eigenvalue weighted by molar-refractivity contribution is -0.161. The molecule has 1 heterocycles. The monoisotopic (exact) mass is 281 g/mol. The molecule has 0 spiro atoms. The third kappa shape index (κ3) is 2.99. The molecule has 1 amide bonds. The predicted octanol–water partition coefficient (Wildman–Crippen LogP) is 2.91. The van der Waals surface area contributed by atoms with Gasteiger partial charge in [0.15, 0.2) is 0 Å². The van der Waals surface area contributed by atoms with Crippen molar-refractivity contribution in [3.8, 4) is 0 Å². The van der Waals surface area contributed by atoms with Crippen molar-refractivity contribution in [1.82, 2.24) is 4.90 Å². The number of carbonyl (C=O) groups is 2. The lowest BCUT2D eigenvalue weighted by Gasteiger charge is -2.45. The number of rotatable bonds is 2. The molecule has 0 radical (unpaired) electrons.